The Kier molecular flexibility index (Phi) is 5.74. The monoisotopic (exact) mass is 316 g/mol. The van der Waals surface area contributed by atoms with E-state index in [0.717, 1.165) is 26.2 Å². The molecule has 1 aromatic rings. The zero-order chi connectivity index (χ0) is 15.3. The first-order chi connectivity index (χ1) is 9.97. The third-order valence-corrected chi connectivity index (χ3v) is 5.52. The second-order valence-corrected chi connectivity index (χ2v) is 7.78. The summed E-state index contributed by atoms with van der Waals surface area (Å²) in [5.41, 5.74) is 0. The summed E-state index contributed by atoms with van der Waals surface area (Å²) in [6.07, 6.45) is 4.44. The lowest BCUT2D eigenvalue weighted by Crippen LogP contribution is -2.45. The summed E-state index contributed by atoms with van der Waals surface area (Å²) in [7, 11) is 0.0549. The van der Waals surface area contributed by atoms with E-state index in [1.807, 2.05) is 16.9 Å². The van der Waals surface area contributed by atoms with Crippen molar-refractivity contribution in [1.82, 2.24) is 19.0 Å². The van der Waals surface area contributed by atoms with Crippen LogP contribution in [0.5, 0.6) is 0 Å². The van der Waals surface area contributed by atoms with Crippen molar-refractivity contribution >= 4 is 10.0 Å². The van der Waals surface area contributed by atoms with Crippen molar-refractivity contribution in [1.29, 1.82) is 0 Å². The van der Waals surface area contributed by atoms with Gasteiger partial charge in [-0.05, 0) is 19.0 Å². The highest BCUT2D eigenvalue weighted by Gasteiger charge is 2.21. The first-order valence-corrected chi connectivity index (χ1v) is 8.80. The number of hydrogen-bond donors (Lipinski definition) is 0. The smallest absolute Gasteiger partial charge is 0.213 e. The lowest BCUT2D eigenvalue weighted by molar-refractivity contribution is -0.0372. The predicted octanol–water partition coefficient (Wildman–Crippen LogP) is -0.135. The van der Waals surface area contributed by atoms with Crippen LogP contribution in [0.2, 0.25) is 0 Å². The summed E-state index contributed by atoms with van der Waals surface area (Å²) in [6, 6.07) is 1.90. The molecule has 120 valence electrons. The third kappa shape index (κ3) is 5.06. The zero-order valence-corrected chi connectivity index (χ0v) is 13.5. The minimum atomic E-state index is -3.09. The van der Waals surface area contributed by atoms with E-state index in [1.54, 1.807) is 20.3 Å². The molecule has 0 N–H and O–H groups in total. The van der Waals surface area contributed by atoms with Gasteiger partial charge < -0.3 is 4.74 Å². The molecule has 1 atom stereocenters. The van der Waals surface area contributed by atoms with Gasteiger partial charge >= 0.3 is 0 Å². The molecule has 0 aliphatic carbocycles. The van der Waals surface area contributed by atoms with E-state index in [9.17, 15) is 8.42 Å². The maximum atomic E-state index is 11.7. The molecule has 1 aromatic heterocycles. The Bertz CT molecular complexity index is 516. The SMILES string of the molecule is CN(C)S(=O)(=O)CCCN1CCOC(Cn2cccn2)C1. The average Bonchev–Trinajstić information content (AvgIpc) is 2.91. The van der Waals surface area contributed by atoms with Gasteiger partial charge in [-0.15, -0.1) is 0 Å². The molecule has 7 nitrogen and oxygen atoms in total. The Labute approximate surface area is 126 Å². The summed E-state index contributed by atoms with van der Waals surface area (Å²) in [5, 5.41) is 4.18. The van der Waals surface area contributed by atoms with Crippen molar-refractivity contribution in [2.45, 2.75) is 19.1 Å². The number of rotatable bonds is 7. The van der Waals surface area contributed by atoms with Crippen LogP contribution in [0.1, 0.15) is 6.42 Å². The van der Waals surface area contributed by atoms with Gasteiger partial charge in [-0.3, -0.25) is 9.58 Å². The van der Waals surface area contributed by atoms with E-state index in [-0.39, 0.29) is 11.9 Å². The summed E-state index contributed by atoms with van der Waals surface area (Å²) in [4.78, 5) is 2.27. The Morgan fingerprint density at radius 3 is 2.90 bits per heavy atom. The Morgan fingerprint density at radius 2 is 2.24 bits per heavy atom. The van der Waals surface area contributed by atoms with Crippen LogP contribution >= 0.6 is 0 Å². The Balaban J connectivity index is 1.74. The normalized spacial score (nSPS) is 21.0. The summed E-state index contributed by atoms with van der Waals surface area (Å²) < 4.78 is 32.3. The van der Waals surface area contributed by atoms with Gasteiger partial charge in [0.2, 0.25) is 10.0 Å². The van der Waals surface area contributed by atoms with Gasteiger partial charge in [-0.1, -0.05) is 0 Å². The molecular weight excluding hydrogens is 292 g/mol. The van der Waals surface area contributed by atoms with Crippen LogP contribution in [0.25, 0.3) is 0 Å². The van der Waals surface area contributed by atoms with Crippen LogP contribution in [-0.4, -0.2) is 79.6 Å². The molecular formula is C13H24N4O3S. The van der Waals surface area contributed by atoms with Crippen LogP contribution in [0.3, 0.4) is 0 Å². The van der Waals surface area contributed by atoms with E-state index >= 15 is 0 Å². The third-order valence-electron chi connectivity index (χ3n) is 3.61. The van der Waals surface area contributed by atoms with Gasteiger partial charge in [0.1, 0.15) is 0 Å². The van der Waals surface area contributed by atoms with Crippen molar-refractivity contribution in [3.05, 3.63) is 18.5 Å². The summed E-state index contributed by atoms with van der Waals surface area (Å²) >= 11 is 0. The molecule has 1 unspecified atom stereocenters. The lowest BCUT2D eigenvalue weighted by atomic mass is 10.2. The van der Waals surface area contributed by atoms with Gasteiger partial charge in [0.25, 0.3) is 0 Å². The summed E-state index contributed by atoms with van der Waals surface area (Å²) in [6.45, 7) is 3.89. The van der Waals surface area contributed by atoms with Crippen molar-refractivity contribution in [2.75, 3.05) is 46.1 Å². The molecule has 1 fully saturated rings. The standard InChI is InChI=1S/C13H24N4O3S/c1-15(2)21(18,19)10-4-6-16-8-9-20-13(11-16)12-17-7-3-5-14-17/h3,5,7,13H,4,6,8-12H2,1-2H3. The molecule has 1 aliphatic heterocycles. The first-order valence-electron chi connectivity index (χ1n) is 7.19. The number of nitrogens with zero attached hydrogens (tertiary/aromatic N) is 4. The minimum absolute atomic E-state index is 0.115. The molecule has 0 amide bonds. The fourth-order valence-electron chi connectivity index (χ4n) is 2.36. The highest BCUT2D eigenvalue weighted by Crippen LogP contribution is 2.08. The Hall–Kier alpha value is -0.960. The number of sulfonamides is 1. The van der Waals surface area contributed by atoms with Gasteiger partial charge in [0.05, 0.1) is 25.0 Å². The number of hydrogen-bond acceptors (Lipinski definition) is 5. The fraction of sp³-hybridized carbons (Fsp3) is 0.769. The fourth-order valence-corrected chi connectivity index (χ4v) is 3.22. The second-order valence-electron chi connectivity index (χ2n) is 5.47. The second kappa shape index (κ2) is 7.35. The molecule has 21 heavy (non-hydrogen) atoms. The molecule has 0 spiro atoms. The largest absolute Gasteiger partial charge is 0.374 e. The van der Waals surface area contributed by atoms with E-state index in [4.69, 9.17) is 4.74 Å². The first kappa shape index (κ1) is 16.4. The topological polar surface area (TPSA) is 67.7 Å². The van der Waals surface area contributed by atoms with Gasteiger partial charge in [-0.25, -0.2) is 12.7 Å². The van der Waals surface area contributed by atoms with Crippen LogP contribution in [0.4, 0.5) is 0 Å². The average molecular weight is 316 g/mol. The van der Waals surface area contributed by atoms with E-state index in [2.05, 4.69) is 10.00 Å². The predicted molar refractivity (Wildman–Crippen MR) is 80.5 cm³/mol. The molecule has 1 aliphatic rings. The minimum Gasteiger partial charge on any atom is -0.374 e. The lowest BCUT2D eigenvalue weighted by Gasteiger charge is -2.32. The number of aromatic nitrogens is 2. The van der Waals surface area contributed by atoms with Crippen molar-refractivity contribution in [2.24, 2.45) is 0 Å². The maximum Gasteiger partial charge on any atom is 0.213 e. The van der Waals surface area contributed by atoms with Crippen molar-refractivity contribution < 1.29 is 13.2 Å². The Morgan fingerprint density at radius 1 is 1.43 bits per heavy atom. The van der Waals surface area contributed by atoms with Crippen molar-refractivity contribution in [3.63, 3.8) is 0 Å². The van der Waals surface area contributed by atoms with Gasteiger partial charge in [0, 0.05) is 39.6 Å². The van der Waals surface area contributed by atoms with Crippen LogP contribution in [0.15, 0.2) is 18.5 Å². The van der Waals surface area contributed by atoms with E-state index in [0.29, 0.717) is 13.0 Å². The maximum absolute atomic E-state index is 11.7. The molecule has 8 heteroatoms. The highest BCUT2D eigenvalue weighted by atomic mass is 32.2. The number of ether oxygens (including phenoxy) is 1. The molecule has 2 heterocycles. The number of morpholine rings is 1. The molecule has 0 saturated carbocycles. The molecule has 2 rings (SSSR count). The van der Waals surface area contributed by atoms with E-state index < -0.39 is 10.0 Å². The molecule has 0 bridgehead atoms. The van der Waals surface area contributed by atoms with Gasteiger partial charge in [-0.2, -0.15) is 5.10 Å². The summed E-state index contributed by atoms with van der Waals surface area (Å²) in [5.74, 6) is 0.196. The van der Waals surface area contributed by atoms with Gasteiger partial charge in [0.15, 0.2) is 0 Å². The molecule has 0 aromatic carbocycles. The van der Waals surface area contributed by atoms with Crippen molar-refractivity contribution in [3.8, 4) is 0 Å². The molecule has 0 radical (unpaired) electrons. The van der Waals surface area contributed by atoms with Crippen LogP contribution in [0, 0.1) is 0 Å². The molecule has 1 saturated heterocycles. The van der Waals surface area contributed by atoms with Crippen LogP contribution < -0.4 is 0 Å². The highest BCUT2D eigenvalue weighted by molar-refractivity contribution is 7.89. The quantitative estimate of drug-likeness (QED) is 0.701. The zero-order valence-electron chi connectivity index (χ0n) is 12.7. The van der Waals surface area contributed by atoms with E-state index in [1.165, 1.54) is 4.31 Å². The van der Waals surface area contributed by atoms with Crippen LogP contribution in [-0.2, 0) is 21.3 Å².